The molecule has 21 heavy (non-hydrogen) atoms. The van der Waals surface area contributed by atoms with Crippen LogP contribution < -0.4 is 14.8 Å². The molecule has 0 saturated heterocycles. The molecule has 1 unspecified atom stereocenters. The first-order chi connectivity index (χ1) is 10.1. The summed E-state index contributed by atoms with van der Waals surface area (Å²) in [5, 5.41) is 3.34. The number of alkyl halides is 2. The van der Waals surface area contributed by atoms with Crippen LogP contribution in [0.4, 0.5) is 14.5 Å². The number of anilines is 1. The first kappa shape index (κ1) is 14.1. The van der Waals surface area contributed by atoms with Gasteiger partial charge in [0, 0.05) is 0 Å². The van der Waals surface area contributed by atoms with Crippen LogP contribution in [0.5, 0.6) is 11.5 Å². The largest absolute Gasteiger partial charge is 0.488 e. The monoisotopic (exact) mass is 355 g/mol. The van der Waals surface area contributed by atoms with E-state index in [1.165, 1.54) is 6.07 Å². The van der Waals surface area contributed by atoms with Crippen LogP contribution in [0.2, 0.25) is 0 Å². The van der Waals surface area contributed by atoms with Crippen LogP contribution in [0.1, 0.15) is 11.6 Å². The lowest BCUT2D eigenvalue weighted by atomic mass is 10.1. The normalized spacial score (nSPS) is 16.9. The van der Waals surface area contributed by atoms with Crippen molar-refractivity contribution in [1.29, 1.82) is 0 Å². The van der Waals surface area contributed by atoms with Gasteiger partial charge in [0.05, 0.1) is 16.2 Å². The molecule has 110 valence electrons. The molecule has 6 heteroatoms. The Labute approximate surface area is 129 Å². The Morgan fingerprint density at radius 3 is 2.86 bits per heavy atom. The fourth-order valence-electron chi connectivity index (χ4n) is 2.25. The highest BCUT2D eigenvalue weighted by Gasteiger charge is 2.22. The maximum absolute atomic E-state index is 12.3. The molecule has 2 aromatic rings. The molecule has 3 rings (SSSR count). The molecule has 1 aliphatic heterocycles. The van der Waals surface area contributed by atoms with Crippen molar-refractivity contribution >= 4 is 21.6 Å². The molecular weight excluding hydrogens is 344 g/mol. The van der Waals surface area contributed by atoms with Crippen molar-refractivity contribution in [2.45, 2.75) is 12.7 Å². The molecule has 1 N–H and O–H groups in total. The van der Waals surface area contributed by atoms with E-state index in [1.54, 1.807) is 12.1 Å². The summed E-state index contributed by atoms with van der Waals surface area (Å²) in [6.45, 7) is -2.42. The van der Waals surface area contributed by atoms with E-state index in [9.17, 15) is 8.78 Å². The van der Waals surface area contributed by atoms with Crippen molar-refractivity contribution in [2.24, 2.45) is 0 Å². The summed E-state index contributed by atoms with van der Waals surface area (Å²) in [6, 6.07) is 12.2. The molecule has 0 amide bonds. The second kappa shape index (κ2) is 5.89. The van der Waals surface area contributed by atoms with E-state index < -0.39 is 6.61 Å². The lowest BCUT2D eigenvalue weighted by Gasteiger charge is -2.28. The van der Waals surface area contributed by atoms with Gasteiger partial charge in [-0.25, -0.2) is 0 Å². The molecule has 0 radical (unpaired) electrons. The zero-order chi connectivity index (χ0) is 14.8. The summed E-state index contributed by atoms with van der Waals surface area (Å²) in [7, 11) is 0. The van der Waals surface area contributed by atoms with Crippen molar-refractivity contribution in [2.75, 3.05) is 11.9 Å². The number of hydrogen-bond acceptors (Lipinski definition) is 3. The summed E-state index contributed by atoms with van der Waals surface area (Å²) in [5.74, 6) is 0.901. The van der Waals surface area contributed by atoms with E-state index in [0.29, 0.717) is 6.61 Å². The quantitative estimate of drug-likeness (QED) is 0.872. The smallest absolute Gasteiger partial charge is 0.387 e. The molecule has 0 bridgehead atoms. The second-order valence-corrected chi connectivity index (χ2v) is 5.43. The Morgan fingerprint density at radius 2 is 2.05 bits per heavy atom. The summed E-state index contributed by atoms with van der Waals surface area (Å²) >= 11 is 3.43. The molecule has 0 saturated carbocycles. The summed E-state index contributed by atoms with van der Waals surface area (Å²) < 4.78 is 35.6. The number of benzene rings is 2. The minimum atomic E-state index is -2.83. The standard InChI is InChI=1S/C15H12BrF2NO2/c16-11-5-2-6-12-14(11)20-8-13(19-12)9-3-1-4-10(7-9)21-15(17)18/h1-7,13,15,19H,8H2. The number of hydrogen-bond donors (Lipinski definition) is 1. The van der Waals surface area contributed by atoms with Crippen LogP contribution in [0, 0.1) is 0 Å². The van der Waals surface area contributed by atoms with Crippen molar-refractivity contribution < 1.29 is 18.3 Å². The average molecular weight is 356 g/mol. The van der Waals surface area contributed by atoms with E-state index >= 15 is 0 Å². The molecule has 1 heterocycles. The zero-order valence-corrected chi connectivity index (χ0v) is 12.4. The highest BCUT2D eigenvalue weighted by atomic mass is 79.9. The molecule has 3 nitrogen and oxygen atoms in total. The summed E-state index contributed by atoms with van der Waals surface area (Å²) in [4.78, 5) is 0. The molecule has 0 aromatic heterocycles. The van der Waals surface area contributed by atoms with Gasteiger partial charge in [-0.15, -0.1) is 0 Å². The minimum Gasteiger partial charge on any atom is -0.488 e. The molecule has 0 fully saturated rings. The van der Waals surface area contributed by atoms with Gasteiger partial charge in [-0.3, -0.25) is 0 Å². The fourth-order valence-corrected chi connectivity index (χ4v) is 2.73. The first-order valence-electron chi connectivity index (χ1n) is 6.36. The van der Waals surface area contributed by atoms with Gasteiger partial charge in [0.25, 0.3) is 0 Å². The highest BCUT2D eigenvalue weighted by molar-refractivity contribution is 9.10. The van der Waals surface area contributed by atoms with Crippen molar-refractivity contribution in [3.05, 3.63) is 52.5 Å². The number of para-hydroxylation sites is 1. The Morgan fingerprint density at radius 1 is 1.24 bits per heavy atom. The van der Waals surface area contributed by atoms with Crippen LogP contribution in [0.15, 0.2) is 46.9 Å². The third-order valence-corrected chi connectivity index (χ3v) is 3.80. The Kier molecular flexibility index (Phi) is 3.96. The van der Waals surface area contributed by atoms with Gasteiger partial charge in [0.15, 0.2) is 5.75 Å². The van der Waals surface area contributed by atoms with Crippen LogP contribution in [0.3, 0.4) is 0 Å². The van der Waals surface area contributed by atoms with E-state index in [-0.39, 0.29) is 11.8 Å². The van der Waals surface area contributed by atoms with Crippen molar-refractivity contribution in [3.8, 4) is 11.5 Å². The number of rotatable bonds is 3. The predicted molar refractivity (Wildman–Crippen MR) is 79.1 cm³/mol. The van der Waals surface area contributed by atoms with Crippen LogP contribution >= 0.6 is 15.9 Å². The number of ether oxygens (including phenoxy) is 2. The molecule has 0 spiro atoms. The van der Waals surface area contributed by atoms with Gasteiger partial charge < -0.3 is 14.8 Å². The lowest BCUT2D eigenvalue weighted by molar-refractivity contribution is -0.0498. The van der Waals surface area contributed by atoms with Gasteiger partial charge >= 0.3 is 6.61 Å². The lowest BCUT2D eigenvalue weighted by Crippen LogP contribution is -2.24. The molecule has 1 atom stereocenters. The predicted octanol–water partition coefficient (Wildman–Crippen LogP) is 4.60. The Bertz CT molecular complexity index is 651. The second-order valence-electron chi connectivity index (χ2n) is 4.58. The van der Waals surface area contributed by atoms with E-state index in [1.807, 2.05) is 24.3 Å². The summed E-state index contributed by atoms with van der Waals surface area (Å²) in [5.41, 5.74) is 1.69. The first-order valence-corrected chi connectivity index (χ1v) is 7.15. The van der Waals surface area contributed by atoms with E-state index in [4.69, 9.17) is 4.74 Å². The molecular formula is C15H12BrF2NO2. The molecule has 0 aliphatic carbocycles. The van der Waals surface area contributed by atoms with Gasteiger partial charge in [0.2, 0.25) is 0 Å². The fraction of sp³-hybridized carbons (Fsp3) is 0.200. The Balaban J connectivity index is 1.83. The van der Waals surface area contributed by atoms with Crippen molar-refractivity contribution in [3.63, 3.8) is 0 Å². The molecule has 1 aliphatic rings. The zero-order valence-electron chi connectivity index (χ0n) is 10.9. The van der Waals surface area contributed by atoms with Crippen LogP contribution in [-0.2, 0) is 0 Å². The topological polar surface area (TPSA) is 30.5 Å². The third-order valence-electron chi connectivity index (χ3n) is 3.18. The van der Waals surface area contributed by atoms with Gasteiger partial charge in [0.1, 0.15) is 12.4 Å². The number of fused-ring (bicyclic) bond motifs is 1. The maximum Gasteiger partial charge on any atom is 0.387 e. The Hall–Kier alpha value is -1.82. The van der Waals surface area contributed by atoms with Crippen molar-refractivity contribution in [1.82, 2.24) is 0 Å². The third kappa shape index (κ3) is 3.10. The van der Waals surface area contributed by atoms with Crippen LogP contribution in [0.25, 0.3) is 0 Å². The number of halogens is 3. The van der Waals surface area contributed by atoms with E-state index in [2.05, 4.69) is 26.0 Å². The highest BCUT2D eigenvalue weighted by Crippen LogP contribution is 2.39. The van der Waals surface area contributed by atoms with Gasteiger partial charge in [-0.2, -0.15) is 8.78 Å². The molecule has 2 aromatic carbocycles. The van der Waals surface area contributed by atoms with Gasteiger partial charge in [-0.05, 0) is 45.8 Å². The SMILES string of the molecule is FC(F)Oc1cccc(C2COc3c(Br)cccc3N2)c1. The average Bonchev–Trinajstić information content (AvgIpc) is 2.47. The number of nitrogens with one attached hydrogen (secondary N) is 1. The minimum absolute atomic E-state index is 0.118. The summed E-state index contributed by atoms with van der Waals surface area (Å²) in [6.07, 6.45) is 0. The van der Waals surface area contributed by atoms with Gasteiger partial charge in [-0.1, -0.05) is 18.2 Å². The van der Waals surface area contributed by atoms with E-state index in [0.717, 1.165) is 21.5 Å². The maximum atomic E-state index is 12.3. The van der Waals surface area contributed by atoms with Crippen LogP contribution in [-0.4, -0.2) is 13.2 Å².